The van der Waals surface area contributed by atoms with E-state index in [9.17, 15) is 9.59 Å². The fraction of sp³-hybridized carbons (Fsp3) is 0.667. The molecule has 1 rings (SSSR count). The molecular weight excluding hydrogens is 236 g/mol. The third kappa shape index (κ3) is 5.18. The summed E-state index contributed by atoms with van der Waals surface area (Å²) in [7, 11) is 0. The first-order valence-electron chi connectivity index (χ1n) is 6.10. The number of allylic oxidation sites excluding steroid dienone is 1. The summed E-state index contributed by atoms with van der Waals surface area (Å²) in [5.74, 6) is -0.907. The molecule has 102 valence electrons. The number of carbonyl (C=O) groups is 2. The normalized spacial score (nSPS) is 20.1. The lowest BCUT2D eigenvalue weighted by Crippen LogP contribution is -2.50. The number of carboxylic acids is 1. The van der Waals surface area contributed by atoms with Crippen LogP contribution in [-0.4, -0.2) is 54.4 Å². The first-order valence-corrected chi connectivity index (χ1v) is 6.10. The van der Waals surface area contributed by atoms with Crippen LogP contribution in [0.4, 0.5) is 4.79 Å². The predicted molar refractivity (Wildman–Crippen MR) is 66.4 cm³/mol. The molecule has 18 heavy (non-hydrogen) atoms. The van der Waals surface area contributed by atoms with Crippen molar-refractivity contribution in [2.45, 2.75) is 25.9 Å². The van der Waals surface area contributed by atoms with Crippen molar-refractivity contribution in [1.82, 2.24) is 10.2 Å². The zero-order valence-corrected chi connectivity index (χ0v) is 10.6. The van der Waals surface area contributed by atoms with Gasteiger partial charge in [0.15, 0.2) is 0 Å². The molecule has 0 aromatic carbocycles. The molecule has 0 spiro atoms. The SMILES string of the molecule is C/C=C/CCNC(=O)N1CCOC(CC(=O)O)C1. The van der Waals surface area contributed by atoms with Gasteiger partial charge in [0.25, 0.3) is 0 Å². The van der Waals surface area contributed by atoms with Gasteiger partial charge in [-0.2, -0.15) is 0 Å². The number of hydrogen-bond donors (Lipinski definition) is 2. The minimum Gasteiger partial charge on any atom is -0.481 e. The van der Waals surface area contributed by atoms with Crippen molar-refractivity contribution < 1.29 is 19.4 Å². The van der Waals surface area contributed by atoms with Gasteiger partial charge in [0, 0.05) is 19.6 Å². The maximum Gasteiger partial charge on any atom is 0.317 e. The molecule has 1 fully saturated rings. The first kappa shape index (κ1) is 14.5. The van der Waals surface area contributed by atoms with Gasteiger partial charge < -0.3 is 20.1 Å². The average Bonchev–Trinajstić information content (AvgIpc) is 2.34. The van der Waals surface area contributed by atoms with Gasteiger partial charge in [-0.3, -0.25) is 4.79 Å². The number of carbonyl (C=O) groups excluding carboxylic acids is 1. The van der Waals surface area contributed by atoms with Gasteiger partial charge in [-0.1, -0.05) is 12.2 Å². The summed E-state index contributed by atoms with van der Waals surface area (Å²) >= 11 is 0. The lowest BCUT2D eigenvalue weighted by atomic mass is 10.2. The van der Waals surface area contributed by atoms with E-state index in [1.807, 2.05) is 19.1 Å². The summed E-state index contributed by atoms with van der Waals surface area (Å²) in [5.41, 5.74) is 0. The Labute approximate surface area is 107 Å². The minimum absolute atomic E-state index is 0.0671. The van der Waals surface area contributed by atoms with E-state index >= 15 is 0 Å². The van der Waals surface area contributed by atoms with E-state index < -0.39 is 12.1 Å². The molecule has 6 nitrogen and oxygen atoms in total. The zero-order chi connectivity index (χ0) is 13.4. The lowest BCUT2D eigenvalue weighted by Gasteiger charge is -2.32. The third-order valence-electron chi connectivity index (χ3n) is 2.65. The average molecular weight is 256 g/mol. The summed E-state index contributed by atoms with van der Waals surface area (Å²) in [6.45, 7) is 3.75. The first-order chi connectivity index (χ1) is 8.63. The highest BCUT2D eigenvalue weighted by molar-refractivity contribution is 5.74. The van der Waals surface area contributed by atoms with Gasteiger partial charge in [0.05, 0.1) is 19.1 Å². The Morgan fingerprint density at radius 3 is 3.00 bits per heavy atom. The number of morpholine rings is 1. The number of nitrogens with one attached hydrogen (secondary N) is 1. The number of ether oxygens (including phenoxy) is 1. The van der Waals surface area contributed by atoms with Crippen LogP contribution in [0.25, 0.3) is 0 Å². The van der Waals surface area contributed by atoms with Gasteiger partial charge in [-0.25, -0.2) is 4.79 Å². The van der Waals surface area contributed by atoms with Crippen LogP contribution in [-0.2, 0) is 9.53 Å². The third-order valence-corrected chi connectivity index (χ3v) is 2.65. The van der Waals surface area contributed by atoms with Gasteiger partial charge in [-0.15, -0.1) is 0 Å². The van der Waals surface area contributed by atoms with Crippen LogP contribution in [0.1, 0.15) is 19.8 Å². The molecule has 0 radical (unpaired) electrons. The molecule has 1 saturated heterocycles. The minimum atomic E-state index is -0.907. The fourth-order valence-electron chi connectivity index (χ4n) is 1.76. The van der Waals surface area contributed by atoms with Gasteiger partial charge in [0.2, 0.25) is 0 Å². The molecule has 1 heterocycles. The largest absolute Gasteiger partial charge is 0.481 e. The summed E-state index contributed by atoms with van der Waals surface area (Å²) < 4.78 is 5.30. The lowest BCUT2D eigenvalue weighted by molar-refractivity contribution is -0.141. The molecule has 6 heteroatoms. The number of hydrogen-bond acceptors (Lipinski definition) is 3. The van der Waals surface area contributed by atoms with Crippen molar-refractivity contribution in [1.29, 1.82) is 0 Å². The van der Waals surface area contributed by atoms with Crippen LogP contribution < -0.4 is 5.32 Å². The van der Waals surface area contributed by atoms with Crippen molar-refractivity contribution in [3.8, 4) is 0 Å². The van der Waals surface area contributed by atoms with Crippen molar-refractivity contribution >= 4 is 12.0 Å². The van der Waals surface area contributed by atoms with Crippen LogP contribution in [0.15, 0.2) is 12.2 Å². The van der Waals surface area contributed by atoms with E-state index in [1.54, 1.807) is 4.90 Å². The Morgan fingerprint density at radius 1 is 1.56 bits per heavy atom. The number of rotatable bonds is 5. The van der Waals surface area contributed by atoms with Crippen molar-refractivity contribution in [3.63, 3.8) is 0 Å². The number of urea groups is 1. The maximum absolute atomic E-state index is 11.8. The second kappa shape index (κ2) is 7.71. The van der Waals surface area contributed by atoms with E-state index in [4.69, 9.17) is 9.84 Å². The zero-order valence-electron chi connectivity index (χ0n) is 10.6. The summed E-state index contributed by atoms with van der Waals surface area (Å²) in [6, 6.07) is -0.154. The van der Waals surface area contributed by atoms with Gasteiger partial charge >= 0.3 is 12.0 Å². The number of nitrogens with zero attached hydrogens (tertiary/aromatic N) is 1. The second-order valence-corrected chi connectivity index (χ2v) is 4.13. The summed E-state index contributed by atoms with van der Waals surface area (Å²) in [4.78, 5) is 24.0. The fourth-order valence-corrected chi connectivity index (χ4v) is 1.76. The van der Waals surface area contributed by atoms with E-state index in [1.165, 1.54) is 0 Å². The number of aliphatic carboxylic acids is 1. The van der Waals surface area contributed by atoms with Gasteiger partial charge in [-0.05, 0) is 13.3 Å². The smallest absolute Gasteiger partial charge is 0.317 e. The Balaban J connectivity index is 2.31. The van der Waals surface area contributed by atoms with E-state index in [0.717, 1.165) is 6.42 Å². The van der Waals surface area contributed by atoms with E-state index in [0.29, 0.717) is 26.2 Å². The molecule has 1 atom stereocenters. The molecule has 0 saturated carbocycles. The molecule has 2 N–H and O–H groups in total. The molecule has 2 amide bonds. The van der Waals surface area contributed by atoms with Gasteiger partial charge in [0.1, 0.15) is 0 Å². The summed E-state index contributed by atoms with van der Waals surface area (Å²) in [6.07, 6.45) is 4.24. The molecule has 0 bridgehead atoms. The molecular formula is C12H20N2O4. The van der Waals surface area contributed by atoms with E-state index in [-0.39, 0.29) is 12.5 Å². The highest BCUT2D eigenvalue weighted by Gasteiger charge is 2.25. The molecule has 1 unspecified atom stereocenters. The Bertz CT molecular complexity index is 317. The Morgan fingerprint density at radius 2 is 2.33 bits per heavy atom. The Hall–Kier alpha value is -1.56. The number of amides is 2. The van der Waals surface area contributed by atoms with Crippen LogP contribution in [0.3, 0.4) is 0 Å². The molecule has 0 aromatic rings. The molecule has 0 aliphatic carbocycles. The second-order valence-electron chi connectivity index (χ2n) is 4.13. The molecule has 0 aromatic heterocycles. The molecule has 1 aliphatic rings. The monoisotopic (exact) mass is 256 g/mol. The standard InChI is InChI=1S/C12H20N2O4/c1-2-3-4-5-13-12(17)14-6-7-18-10(9-14)8-11(15)16/h2-3,10H,4-9H2,1H3,(H,13,17)(H,15,16)/b3-2+. The van der Waals surface area contributed by atoms with Crippen LogP contribution in [0, 0.1) is 0 Å². The van der Waals surface area contributed by atoms with Crippen LogP contribution in [0.2, 0.25) is 0 Å². The highest BCUT2D eigenvalue weighted by atomic mass is 16.5. The van der Waals surface area contributed by atoms with Crippen molar-refractivity contribution in [2.24, 2.45) is 0 Å². The molecule has 1 aliphatic heterocycles. The van der Waals surface area contributed by atoms with Crippen molar-refractivity contribution in [2.75, 3.05) is 26.2 Å². The van der Waals surface area contributed by atoms with Crippen molar-refractivity contribution in [3.05, 3.63) is 12.2 Å². The van der Waals surface area contributed by atoms with Crippen LogP contribution >= 0.6 is 0 Å². The quantitative estimate of drug-likeness (QED) is 0.564. The Kier molecular flexibility index (Phi) is 6.21. The van der Waals surface area contributed by atoms with E-state index in [2.05, 4.69) is 5.32 Å². The summed E-state index contributed by atoms with van der Waals surface area (Å²) in [5, 5.41) is 11.5. The predicted octanol–water partition coefficient (Wildman–Crippen LogP) is 0.838. The number of carboxylic acid groups (broad SMARTS) is 1. The highest BCUT2D eigenvalue weighted by Crippen LogP contribution is 2.08. The van der Waals surface area contributed by atoms with Crippen LogP contribution in [0.5, 0.6) is 0 Å². The maximum atomic E-state index is 11.8. The topological polar surface area (TPSA) is 78.9 Å².